The molecule has 1 aromatic rings. The quantitative estimate of drug-likeness (QED) is 0.872. The summed E-state index contributed by atoms with van der Waals surface area (Å²) in [5, 5.41) is 6.67. The first-order valence-electron chi connectivity index (χ1n) is 7.73. The van der Waals surface area contributed by atoms with Gasteiger partial charge in [0.1, 0.15) is 11.5 Å². The highest BCUT2D eigenvalue weighted by molar-refractivity contribution is 6.39. The van der Waals surface area contributed by atoms with Crippen LogP contribution in [-0.4, -0.2) is 24.6 Å². The van der Waals surface area contributed by atoms with Crippen LogP contribution < -0.4 is 15.5 Å². The highest BCUT2D eigenvalue weighted by Gasteiger charge is 2.18. The number of carbonyl (C=O) groups is 2. The highest BCUT2D eigenvalue weighted by atomic mass is 16.5. The summed E-state index contributed by atoms with van der Waals surface area (Å²) < 4.78 is 5.43. The smallest absolute Gasteiger partial charge is 0.267 e. The molecule has 6 nitrogen and oxygen atoms in total. The van der Waals surface area contributed by atoms with E-state index in [2.05, 4.69) is 35.8 Å². The van der Waals surface area contributed by atoms with Crippen molar-refractivity contribution in [2.45, 2.75) is 46.1 Å². The van der Waals surface area contributed by atoms with E-state index in [-0.39, 0.29) is 11.8 Å². The Balaban J connectivity index is 2.09. The Hall–Kier alpha value is -2.37. The van der Waals surface area contributed by atoms with Gasteiger partial charge in [-0.3, -0.25) is 9.59 Å². The first kappa shape index (κ1) is 17.0. The molecule has 6 heteroatoms. The van der Waals surface area contributed by atoms with Gasteiger partial charge in [0.15, 0.2) is 0 Å². The topological polar surface area (TPSA) is 79.8 Å². The summed E-state index contributed by atoms with van der Waals surface area (Å²) in [6.07, 6.45) is 0.668. The largest absolute Gasteiger partial charge is 0.496 e. The summed E-state index contributed by atoms with van der Waals surface area (Å²) in [7, 11) is 1.66. The number of nitrogens with one attached hydrogen (secondary N) is 2. The van der Waals surface area contributed by atoms with Crippen LogP contribution in [0, 0.1) is 6.92 Å². The lowest BCUT2D eigenvalue weighted by atomic mass is 9.96. The maximum absolute atomic E-state index is 12.1. The zero-order valence-corrected chi connectivity index (χ0v) is 14.0. The molecule has 0 aliphatic carbocycles. The van der Waals surface area contributed by atoms with Crippen LogP contribution in [0.1, 0.15) is 49.3 Å². The van der Waals surface area contributed by atoms with Gasteiger partial charge < -0.3 is 10.1 Å². The number of aryl methyl sites for hydroxylation is 1. The van der Waals surface area contributed by atoms with E-state index in [4.69, 9.17) is 4.74 Å². The van der Waals surface area contributed by atoms with Crippen LogP contribution in [0.2, 0.25) is 0 Å². The molecule has 1 aromatic carbocycles. The molecular weight excluding hydrogens is 294 g/mol. The minimum Gasteiger partial charge on any atom is -0.496 e. The number of rotatable bonds is 5. The van der Waals surface area contributed by atoms with Crippen molar-refractivity contribution in [1.82, 2.24) is 10.7 Å². The van der Waals surface area contributed by atoms with Gasteiger partial charge in [0.05, 0.1) is 7.11 Å². The Morgan fingerprint density at radius 2 is 2.13 bits per heavy atom. The minimum atomic E-state index is -0.244. The standard InChI is InChI=1S/C17H23N3O3/c1-10(2)13-8-12(11(3)7-15(13)23-4)9-18-17(22)14-5-6-16(21)20-19-14/h7-8,10H,5-6,9H2,1-4H3,(H,18,22)(H,20,21). The highest BCUT2D eigenvalue weighted by Crippen LogP contribution is 2.29. The zero-order valence-electron chi connectivity index (χ0n) is 14.0. The molecule has 0 saturated carbocycles. The van der Waals surface area contributed by atoms with Gasteiger partial charge in [0.2, 0.25) is 5.91 Å². The third kappa shape index (κ3) is 4.09. The van der Waals surface area contributed by atoms with E-state index in [1.807, 2.05) is 13.0 Å². The van der Waals surface area contributed by atoms with Crippen LogP contribution in [0.25, 0.3) is 0 Å². The van der Waals surface area contributed by atoms with Gasteiger partial charge >= 0.3 is 0 Å². The molecule has 0 fully saturated rings. The summed E-state index contributed by atoms with van der Waals surface area (Å²) >= 11 is 0. The first-order valence-corrected chi connectivity index (χ1v) is 7.73. The van der Waals surface area contributed by atoms with Crippen LogP contribution >= 0.6 is 0 Å². The van der Waals surface area contributed by atoms with E-state index in [0.29, 0.717) is 31.0 Å². The predicted octanol–water partition coefficient (Wildman–Crippen LogP) is 2.01. The lowest BCUT2D eigenvalue weighted by Crippen LogP contribution is -2.36. The second-order valence-electron chi connectivity index (χ2n) is 5.95. The van der Waals surface area contributed by atoms with Crippen molar-refractivity contribution in [3.05, 3.63) is 28.8 Å². The SMILES string of the molecule is COc1cc(C)c(CNC(=O)C2=NNC(=O)CC2)cc1C(C)C. The fourth-order valence-electron chi connectivity index (χ4n) is 2.48. The average molecular weight is 317 g/mol. The molecule has 0 unspecified atom stereocenters. The predicted molar refractivity (Wildman–Crippen MR) is 88.5 cm³/mol. The second-order valence-corrected chi connectivity index (χ2v) is 5.95. The van der Waals surface area contributed by atoms with Gasteiger partial charge in [-0.2, -0.15) is 5.10 Å². The molecule has 2 rings (SSSR count). The third-order valence-electron chi connectivity index (χ3n) is 3.92. The van der Waals surface area contributed by atoms with Crippen molar-refractivity contribution in [3.8, 4) is 5.75 Å². The summed E-state index contributed by atoms with van der Waals surface area (Å²) in [4.78, 5) is 23.2. The van der Waals surface area contributed by atoms with E-state index in [0.717, 1.165) is 22.4 Å². The van der Waals surface area contributed by atoms with E-state index in [1.165, 1.54) is 0 Å². The molecule has 0 saturated heterocycles. The lowest BCUT2D eigenvalue weighted by molar-refractivity contribution is -0.121. The van der Waals surface area contributed by atoms with Gasteiger partial charge in [-0.25, -0.2) is 5.43 Å². The van der Waals surface area contributed by atoms with Gasteiger partial charge in [-0.05, 0) is 41.7 Å². The molecule has 0 atom stereocenters. The second kappa shape index (κ2) is 7.26. The van der Waals surface area contributed by atoms with Gasteiger partial charge in [-0.15, -0.1) is 0 Å². The number of ether oxygens (including phenoxy) is 1. The van der Waals surface area contributed by atoms with Crippen molar-refractivity contribution >= 4 is 17.5 Å². The van der Waals surface area contributed by atoms with Crippen molar-refractivity contribution < 1.29 is 14.3 Å². The number of hydrogen-bond donors (Lipinski definition) is 2. The third-order valence-corrected chi connectivity index (χ3v) is 3.92. The normalized spacial score (nSPS) is 14.3. The molecule has 2 N–H and O–H groups in total. The molecule has 23 heavy (non-hydrogen) atoms. The molecule has 0 aromatic heterocycles. The van der Waals surface area contributed by atoms with Crippen LogP contribution in [-0.2, 0) is 16.1 Å². The maximum atomic E-state index is 12.1. The minimum absolute atomic E-state index is 0.158. The summed E-state index contributed by atoms with van der Waals surface area (Å²) in [6.45, 7) is 6.62. The number of nitrogens with zero attached hydrogens (tertiary/aromatic N) is 1. The number of carbonyl (C=O) groups excluding carboxylic acids is 2. The van der Waals surface area contributed by atoms with Gasteiger partial charge in [-0.1, -0.05) is 13.8 Å². The van der Waals surface area contributed by atoms with E-state index in [9.17, 15) is 9.59 Å². The number of benzene rings is 1. The van der Waals surface area contributed by atoms with E-state index < -0.39 is 0 Å². The molecule has 2 amide bonds. The van der Waals surface area contributed by atoms with E-state index in [1.54, 1.807) is 7.11 Å². The molecule has 124 valence electrons. The van der Waals surface area contributed by atoms with Crippen molar-refractivity contribution in [2.24, 2.45) is 5.10 Å². The lowest BCUT2D eigenvalue weighted by Gasteiger charge is -2.17. The van der Waals surface area contributed by atoms with Crippen molar-refractivity contribution in [2.75, 3.05) is 7.11 Å². The summed E-state index contributed by atoms with van der Waals surface area (Å²) in [5.74, 6) is 0.797. The Morgan fingerprint density at radius 1 is 1.39 bits per heavy atom. The maximum Gasteiger partial charge on any atom is 0.267 e. The summed E-state index contributed by atoms with van der Waals surface area (Å²) in [5.41, 5.74) is 5.92. The molecule has 0 spiro atoms. The van der Waals surface area contributed by atoms with Crippen LogP contribution in [0.5, 0.6) is 5.75 Å². The fraction of sp³-hybridized carbons (Fsp3) is 0.471. The van der Waals surface area contributed by atoms with E-state index >= 15 is 0 Å². The molecule has 0 radical (unpaired) electrons. The Labute approximate surface area is 136 Å². The Kier molecular flexibility index (Phi) is 5.36. The fourth-order valence-corrected chi connectivity index (χ4v) is 2.48. The number of amides is 2. The average Bonchev–Trinajstić information content (AvgIpc) is 2.53. The van der Waals surface area contributed by atoms with Gasteiger partial charge in [0, 0.05) is 19.4 Å². The Morgan fingerprint density at radius 3 is 2.70 bits per heavy atom. The van der Waals surface area contributed by atoms with Crippen LogP contribution in [0.3, 0.4) is 0 Å². The molecular formula is C17H23N3O3. The monoisotopic (exact) mass is 317 g/mol. The number of hydrogen-bond acceptors (Lipinski definition) is 4. The number of hydrazone groups is 1. The zero-order chi connectivity index (χ0) is 17.0. The van der Waals surface area contributed by atoms with Crippen molar-refractivity contribution in [3.63, 3.8) is 0 Å². The van der Waals surface area contributed by atoms with Crippen LogP contribution in [0.15, 0.2) is 17.2 Å². The molecule has 0 bridgehead atoms. The van der Waals surface area contributed by atoms with Gasteiger partial charge in [0.25, 0.3) is 5.91 Å². The Bertz CT molecular complexity index is 651. The van der Waals surface area contributed by atoms with Crippen molar-refractivity contribution in [1.29, 1.82) is 0 Å². The molecule has 1 heterocycles. The van der Waals surface area contributed by atoms with Crippen LogP contribution in [0.4, 0.5) is 0 Å². The first-order chi connectivity index (χ1) is 10.9. The number of methoxy groups -OCH3 is 1. The summed E-state index contributed by atoms with van der Waals surface area (Å²) in [6, 6.07) is 4.07. The molecule has 1 aliphatic rings. The molecule has 1 aliphatic heterocycles.